The fourth-order valence-corrected chi connectivity index (χ4v) is 6.19. The van der Waals surface area contributed by atoms with Crippen molar-refractivity contribution in [1.29, 1.82) is 0 Å². The van der Waals surface area contributed by atoms with Crippen molar-refractivity contribution >= 4 is 29.8 Å². The summed E-state index contributed by atoms with van der Waals surface area (Å²) in [5.41, 5.74) is -4.38. The lowest BCUT2D eigenvalue weighted by Gasteiger charge is -2.42. The molecule has 3 rings (SSSR count). The van der Waals surface area contributed by atoms with Gasteiger partial charge in [0.25, 0.3) is 0 Å². The first-order valence-electron chi connectivity index (χ1n) is 11.6. The van der Waals surface area contributed by atoms with Crippen LogP contribution < -0.4 is 16.0 Å². The lowest BCUT2D eigenvalue weighted by molar-refractivity contribution is -0.153. The summed E-state index contributed by atoms with van der Waals surface area (Å²) in [7, 11) is 0. The first-order valence-corrected chi connectivity index (χ1v) is 11.6. The van der Waals surface area contributed by atoms with Crippen molar-refractivity contribution in [1.82, 2.24) is 10.6 Å². The number of amides is 3. The summed E-state index contributed by atoms with van der Waals surface area (Å²) in [5, 5.41) is 28.0. The molecule has 2 saturated carbocycles. The standard InChI is InChI=1S/C24H32FN3O7/c1-6-12-17(27-20(33)26-14-11-9-8-10-13(14)25)15-16(18(29)30)23(15,7-2)24(12,19(31)32)28-21(34)35-22(3,4)5/h8-12,15-17H,6-7H2,1-5H3,(H,28,34)(H,29,30)(H,31,32)(H2,26,27,33). The Bertz CT molecular complexity index is 1040. The van der Waals surface area contributed by atoms with Gasteiger partial charge in [-0.25, -0.2) is 18.8 Å². The summed E-state index contributed by atoms with van der Waals surface area (Å²) in [4.78, 5) is 50.7. The molecule has 2 aliphatic rings. The predicted molar refractivity (Wildman–Crippen MR) is 123 cm³/mol. The Kier molecular flexibility index (Phi) is 6.75. The van der Waals surface area contributed by atoms with Gasteiger partial charge in [-0.1, -0.05) is 26.0 Å². The minimum absolute atomic E-state index is 0.0836. The van der Waals surface area contributed by atoms with Crippen LogP contribution in [0.15, 0.2) is 24.3 Å². The molecule has 3 amide bonds. The molecule has 6 unspecified atom stereocenters. The van der Waals surface area contributed by atoms with Gasteiger partial charge in [0.15, 0.2) is 5.54 Å². The van der Waals surface area contributed by atoms with Crippen LogP contribution >= 0.6 is 0 Å². The number of carboxylic acids is 2. The van der Waals surface area contributed by atoms with Crippen molar-refractivity contribution < 1.29 is 38.5 Å². The SMILES string of the molecule is CCC1C(NC(=O)Nc2ccccc2F)C2C(C(=O)O)C2(CC)C1(NC(=O)OC(C)(C)C)C(=O)O. The van der Waals surface area contributed by atoms with Crippen molar-refractivity contribution in [3.63, 3.8) is 0 Å². The van der Waals surface area contributed by atoms with Gasteiger partial charge in [0.1, 0.15) is 11.4 Å². The van der Waals surface area contributed by atoms with Gasteiger partial charge >= 0.3 is 24.1 Å². The van der Waals surface area contributed by atoms with Crippen LogP contribution in [-0.4, -0.2) is 51.5 Å². The zero-order valence-electron chi connectivity index (χ0n) is 20.3. The van der Waals surface area contributed by atoms with Crippen molar-refractivity contribution in [2.45, 2.75) is 64.6 Å². The van der Waals surface area contributed by atoms with Crippen LogP contribution in [0.3, 0.4) is 0 Å². The van der Waals surface area contributed by atoms with Crippen LogP contribution in [0.5, 0.6) is 0 Å². The number of alkyl carbamates (subject to hydrolysis) is 1. The number of anilines is 1. The average Bonchev–Trinajstić information content (AvgIpc) is 3.37. The maximum Gasteiger partial charge on any atom is 0.408 e. The number of hydrogen-bond donors (Lipinski definition) is 5. The Balaban J connectivity index is 2.02. The molecule has 1 aromatic carbocycles. The number of ether oxygens (including phenoxy) is 1. The van der Waals surface area contributed by atoms with Gasteiger partial charge < -0.3 is 30.9 Å². The number of hydrogen-bond acceptors (Lipinski definition) is 5. The number of aliphatic carboxylic acids is 2. The molecular weight excluding hydrogens is 461 g/mol. The Morgan fingerprint density at radius 3 is 2.23 bits per heavy atom. The van der Waals surface area contributed by atoms with Gasteiger partial charge in [-0.05, 0) is 45.7 Å². The van der Waals surface area contributed by atoms with Gasteiger partial charge in [-0.15, -0.1) is 0 Å². The Hall–Kier alpha value is -3.37. The van der Waals surface area contributed by atoms with E-state index in [-0.39, 0.29) is 18.5 Å². The molecular formula is C24H32FN3O7. The number of fused-ring (bicyclic) bond motifs is 1. The molecule has 6 atom stereocenters. The van der Waals surface area contributed by atoms with E-state index >= 15 is 0 Å². The summed E-state index contributed by atoms with van der Waals surface area (Å²) in [6.07, 6.45) is -0.657. The summed E-state index contributed by atoms with van der Waals surface area (Å²) in [5.74, 6) is -6.04. The monoisotopic (exact) mass is 493 g/mol. The zero-order valence-corrected chi connectivity index (χ0v) is 20.3. The minimum Gasteiger partial charge on any atom is -0.481 e. The second kappa shape index (κ2) is 9.01. The first-order chi connectivity index (χ1) is 16.3. The Labute approximate surface area is 202 Å². The molecule has 0 saturated heterocycles. The maximum atomic E-state index is 14.0. The summed E-state index contributed by atoms with van der Waals surface area (Å²) in [6.45, 7) is 8.24. The number of carbonyl (C=O) groups is 4. The molecule has 0 spiro atoms. The van der Waals surface area contributed by atoms with Gasteiger partial charge in [0.05, 0.1) is 11.6 Å². The maximum absolute atomic E-state index is 14.0. The van der Waals surface area contributed by atoms with Gasteiger partial charge in [0, 0.05) is 23.3 Å². The van der Waals surface area contributed by atoms with Gasteiger partial charge in [0.2, 0.25) is 0 Å². The highest BCUT2D eigenvalue weighted by Crippen LogP contribution is 2.76. The van der Waals surface area contributed by atoms with Crippen LogP contribution in [0.1, 0.15) is 47.5 Å². The lowest BCUT2D eigenvalue weighted by atomic mass is 9.70. The summed E-state index contributed by atoms with van der Waals surface area (Å²) in [6, 6.07) is 3.80. The summed E-state index contributed by atoms with van der Waals surface area (Å²) >= 11 is 0. The van der Waals surface area contributed by atoms with Crippen LogP contribution in [-0.2, 0) is 14.3 Å². The fraction of sp³-hybridized carbons (Fsp3) is 0.583. The molecule has 0 aromatic heterocycles. The summed E-state index contributed by atoms with van der Waals surface area (Å²) < 4.78 is 19.3. The third kappa shape index (κ3) is 4.17. The molecule has 2 aliphatic carbocycles. The molecule has 0 heterocycles. The molecule has 0 bridgehead atoms. The van der Waals surface area contributed by atoms with Crippen molar-refractivity contribution in [2.75, 3.05) is 5.32 Å². The van der Waals surface area contributed by atoms with E-state index in [0.29, 0.717) is 0 Å². The number of carbonyl (C=O) groups excluding carboxylic acids is 2. The average molecular weight is 494 g/mol. The number of carboxylic acid groups (broad SMARTS) is 2. The topological polar surface area (TPSA) is 154 Å². The van der Waals surface area contributed by atoms with Crippen LogP contribution in [0.4, 0.5) is 19.7 Å². The second-order valence-electron chi connectivity index (χ2n) is 10.1. The van der Waals surface area contributed by atoms with E-state index in [0.717, 1.165) is 0 Å². The van der Waals surface area contributed by atoms with E-state index in [1.165, 1.54) is 24.3 Å². The largest absolute Gasteiger partial charge is 0.481 e. The van der Waals surface area contributed by atoms with E-state index in [9.17, 15) is 33.8 Å². The van der Waals surface area contributed by atoms with Gasteiger partial charge in [-0.2, -0.15) is 0 Å². The Morgan fingerprint density at radius 1 is 1.11 bits per heavy atom. The molecule has 192 valence electrons. The van der Waals surface area contributed by atoms with Crippen LogP contribution in [0.2, 0.25) is 0 Å². The molecule has 35 heavy (non-hydrogen) atoms. The number of urea groups is 1. The molecule has 5 N–H and O–H groups in total. The van der Waals surface area contributed by atoms with E-state index in [4.69, 9.17) is 4.74 Å². The number of para-hydroxylation sites is 1. The smallest absolute Gasteiger partial charge is 0.408 e. The normalized spacial score (nSPS) is 31.1. The van der Waals surface area contributed by atoms with Crippen LogP contribution in [0, 0.1) is 29.0 Å². The van der Waals surface area contributed by atoms with Crippen molar-refractivity contribution in [3.8, 4) is 0 Å². The molecule has 0 aliphatic heterocycles. The van der Waals surface area contributed by atoms with E-state index in [1.54, 1.807) is 34.6 Å². The van der Waals surface area contributed by atoms with E-state index in [2.05, 4.69) is 16.0 Å². The van der Waals surface area contributed by atoms with E-state index < -0.39 is 70.2 Å². The first kappa shape index (κ1) is 26.2. The van der Waals surface area contributed by atoms with Crippen molar-refractivity contribution in [2.24, 2.45) is 23.2 Å². The molecule has 10 nitrogen and oxygen atoms in total. The highest BCUT2D eigenvalue weighted by molar-refractivity contribution is 5.93. The Morgan fingerprint density at radius 2 is 1.74 bits per heavy atom. The predicted octanol–water partition coefficient (Wildman–Crippen LogP) is 3.43. The highest BCUT2D eigenvalue weighted by atomic mass is 19.1. The van der Waals surface area contributed by atoms with E-state index in [1.807, 2.05) is 0 Å². The van der Waals surface area contributed by atoms with Crippen molar-refractivity contribution in [3.05, 3.63) is 30.1 Å². The zero-order chi connectivity index (χ0) is 26.3. The highest BCUT2D eigenvalue weighted by Gasteiger charge is 2.88. The third-order valence-electron chi connectivity index (χ3n) is 7.26. The molecule has 0 radical (unpaired) electrons. The lowest BCUT2D eigenvalue weighted by Crippen LogP contribution is -2.66. The van der Waals surface area contributed by atoms with Gasteiger partial charge in [-0.3, -0.25) is 4.79 Å². The minimum atomic E-state index is -2.01. The second-order valence-corrected chi connectivity index (χ2v) is 10.1. The quantitative estimate of drug-likeness (QED) is 0.390. The fourth-order valence-electron chi connectivity index (χ4n) is 6.19. The molecule has 11 heteroatoms. The number of nitrogens with one attached hydrogen (secondary N) is 3. The van der Waals surface area contributed by atoms with Crippen LogP contribution in [0.25, 0.3) is 0 Å². The number of rotatable bonds is 7. The molecule has 1 aromatic rings. The third-order valence-corrected chi connectivity index (χ3v) is 7.26. The molecule has 2 fully saturated rings. The number of benzene rings is 1. The number of halogens is 1.